The van der Waals surface area contributed by atoms with E-state index in [-0.39, 0.29) is 18.1 Å². The monoisotopic (exact) mass is 426 g/mol. The van der Waals surface area contributed by atoms with Gasteiger partial charge >= 0.3 is 5.97 Å². The van der Waals surface area contributed by atoms with Crippen LogP contribution in [0, 0.1) is 6.92 Å². The maximum absolute atomic E-state index is 12.5. The normalized spacial score (nSPS) is 19.5. The zero-order valence-corrected chi connectivity index (χ0v) is 17.5. The van der Waals surface area contributed by atoms with Gasteiger partial charge in [0.05, 0.1) is 23.8 Å². The van der Waals surface area contributed by atoms with Gasteiger partial charge < -0.3 is 24.7 Å². The Morgan fingerprint density at radius 2 is 2.29 bits per heavy atom. The highest BCUT2D eigenvalue weighted by atomic mass is 35.5. The van der Waals surface area contributed by atoms with E-state index in [1.165, 1.54) is 11.3 Å². The van der Waals surface area contributed by atoms with Crippen molar-refractivity contribution in [1.82, 2.24) is 15.3 Å². The topological polar surface area (TPSA) is 96.6 Å². The molecule has 0 saturated carbocycles. The number of carbonyl (C=O) groups excluding carboxylic acids is 2. The number of thiazole rings is 1. The van der Waals surface area contributed by atoms with Crippen molar-refractivity contribution in [3.05, 3.63) is 33.6 Å². The first kappa shape index (κ1) is 20.6. The predicted octanol–water partition coefficient (Wildman–Crippen LogP) is 2.63. The maximum Gasteiger partial charge on any atom is 0.357 e. The largest absolute Gasteiger partial charge is 0.461 e. The van der Waals surface area contributed by atoms with Crippen molar-refractivity contribution in [2.75, 3.05) is 31.7 Å². The Kier molecular flexibility index (Phi) is 6.58. The first-order chi connectivity index (χ1) is 13.4. The summed E-state index contributed by atoms with van der Waals surface area (Å²) in [6.45, 7) is 5.13. The zero-order chi connectivity index (χ0) is 20.3. The minimum Gasteiger partial charge on any atom is -0.461 e. The first-order valence-electron chi connectivity index (χ1n) is 8.99. The Hall–Kier alpha value is -2.10. The minimum atomic E-state index is -0.421. The highest BCUT2D eigenvalue weighted by molar-refractivity contribution is 7.13. The van der Waals surface area contributed by atoms with Gasteiger partial charge in [-0.3, -0.25) is 4.79 Å². The average molecular weight is 427 g/mol. The molecule has 0 aliphatic carbocycles. The summed E-state index contributed by atoms with van der Waals surface area (Å²) in [6.07, 6.45) is 0.477. The third-order valence-corrected chi connectivity index (χ3v) is 5.92. The van der Waals surface area contributed by atoms with Crippen molar-refractivity contribution in [3.63, 3.8) is 0 Å². The quantitative estimate of drug-likeness (QED) is 0.689. The van der Waals surface area contributed by atoms with Crippen LogP contribution in [0.25, 0.3) is 0 Å². The second-order valence-electron chi connectivity index (χ2n) is 6.48. The summed E-state index contributed by atoms with van der Waals surface area (Å²) in [5, 5.41) is 5.98. The number of piperidine rings is 1. The molecule has 2 unspecified atom stereocenters. The Morgan fingerprint density at radius 1 is 1.50 bits per heavy atom. The lowest BCUT2D eigenvalue weighted by Gasteiger charge is -2.37. The summed E-state index contributed by atoms with van der Waals surface area (Å²) in [4.78, 5) is 33.7. The Labute approximate surface area is 172 Å². The molecule has 1 amide bonds. The van der Waals surface area contributed by atoms with Crippen LogP contribution in [0.2, 0.25) is 5.02 Å². The second kappa shape index (κ2) is 8.93. The SMILES string of the molecule is CCOC(=O)c1csc(N2CCC(NC(=O)c3cc(Cl)c(C)[nH]3)C(OC)C2)n1. The van der Waals surface area contributed by atoms with Crippen LogP contribution in [-0.2, 0) is 9.47 Å². The molecule has 1 aliphatic rings. The molecular formula is C18H23ClN4O4S. The number of halogens is 1. The van der Waals surface area contributed by atoms with Gasteiger partial charge in [-0.05, 0) is 26.3 Å². The number of ether oxygens (including phenoxy) is 2. The number of aromatic nitrogens is 2. The fourth-order valence-corrected chi connectivity index (χ4v) is 4.09. The minimum absolute atomic E-state index is 0.138. The number of H-pyrrole nitrogens is 1. The van der Waals surface area contributed by atoms with Gasteiger partial charge in [-0.15, -0.1) is 11.3 Å². The van der Waals surface area contributed by atoms with E-state index >= 15 is 0 Å². The molecule has 3 rings (SSSR count). The number of aromatic amines is 1. The molecule has 2 aromatic heterocycles. The first-order valence-corrected chi connectivity index (χ1v) is 10.2. The van der Waals surface area contributed by atoms with E-state index in [0.717, 1.165) is 10.8 Å². The van der Waals surface area contributed by atoms with Gasteiger partial charge in [-0.2, -0.15) is 0 Å². The van der Waals surface area contributed by atoms with Gasteiger partial charge in [-0.25, -0.2) is 9.78 Å². The van der Waals surface area contributed by atoms with Crippen molar-refractivity contribution in [3.8, 4) is 0 Å². The van der Waals surface area contributed by atoms with Gasteiger partial charge in [0.1, 0.15) is 5.69 Å². The van der Waals surface area contributed by atoms with E-state index in [1.807, 2.05) is 6.92 Å². The van der Waals surface area contributed by atoms with Gasteiger partial charge in [0.25, 0.3) is 5.91 Å². The van der Waals surface area contributed by atoms with Gasteiger partial charge in [0.2, 0.25) is 0 Å². The molecule has 1 saturated heterocycles. The summed E-state index contributed by atoms with van der Waals surface area (Å²) < 4.78 is 10.6. The molecule has 152 valence electrons. The molecule has 2 N–H and O–H groups in total. The van der Waals surface area contributed by atoms with Gasteiger partial charge in [0.15, 0.2) is 10.8 Å². The molecule has 1 aliphatic heterocycles. The number of hydrogen-bond donors (Lipinski definition) is 2. The number of hydrogen-bond acceptors (Lipinski definition) is 7. The number of esters is 1. The van der Waals surface area contributed by atoms with E-state index in [1.54, 1.807) is 25.5 Å². The highest BCUT2D eigenvalue weighted by Crippen LogP contribution is 2.26. The number of amides is 1. The number of anilines is 1. The van der Waals surface area contributed by atoms with Crippen LogP contribution in [-0.4, -0.2) is 60.8 Å². The molecule has 28 heavy (non-hydrogen) atoms. The third kappa shape index (κ3) is 4.48. The average Bonchev–Trinajstić information content (AvgIpc) is 3.30. The molecule has 0 spiro atoms. The van der Waals surface area contributed by atoms with Crippen LogP contribution in [0.4, 0.5) is 5.13 Å². The van der Waals surface area contributed by atoms with Crippen LogP contribution in [0.5, 0.6) is 0 Å². The number of carbonyl (C=O) groups is 2. The molecule has 1 fully saturated rings. The smallest absolute Gasteiger partial charge is 0.357 e. The van der Waals surface area contributed by atoms with Crippen molar-refractivity contribution >= 4 is 39.9 Å². The van der Waals surface area contributed by atoms with E-state index < -0.39 is 5.97 Å². The highest BCUT2D eigenvalue weighted by Gasteiger charge is 2.32. The molecule has 2 aromatic rings. The summed E-state index contributed by atoms with van der Waals surface area (Å²) in [7, 11) is 1.62. The molecular weight excluding hydrogens is 404 g/mol. The Balaban J connectivity index is 1.63. The Morgan fingerprint density at radius 3 is 2.93 bits per heavy atom. The molecule has 0 aromatic carbocycles. The van der Waals surface area contributed by atoms with Crippen molar-refractivity contribution in [1.29, 1.82) is 0 Å². The van der Waals surface area contributed by atoms with E-state index in [9.17, 15) is 9.59 Å². The van der Waals surface area contributed by atoms with Crippen LogP contribution in [0.3, 0.4) is 0 Å². The summed E-state index contributed by atoms with van der Waals surface area (Å²) in [5.41, 5.74) is 1.50. The predicted molar refractivity (Wildman–Crippen MR) is 107 cm³/mol. The van der Waals surface area contributed by atoms with Crippen molar-refractivity contribution in [2.45, 2.75) is 32.4 Å². The lowest BCUT2D eigenvalue weighted by atomic mass is 10.0. The summed E-state index contributed by atoms with van der Waals surface area (Å²) in [5.74, 6) is -0.635. The molecule has 8 nitrogen and oxygen atoms in total. The number of methoxy groups -OCH3 is 1. The van der Waals surface area contributed by atoms with Crippen molar-refractivity contribution < 1.29 is 19.1 Å². The summed E-state index contributed by atoms with van der Waals surface area (Å²) >= 11 is 7.41. The molecule has 0 bridgehead atoms. The van der Waals surface area contributed by atoms with Gasteiger partial charge in [-0.1, -0.05) is 11.6 Å². The molecule has 2 atom stereocenters. The van der Waals surface area contributed by atoms with E-state index in [2.05, 4.69) is 20.2 Å². The zero-order valence-electron chi connectivity index (χ0n) is 16.0. The van der Waals surface area contributed by atoms with E-state index in [0.29, 0.717) is 42.5 Å². The fourth-order valence-electron chi connectivity index (χ4n) is 3.10. The fraction of sp³-hybridized carbons (Fsp3) is 0.500. The van der Waals surface area contributed by atoms with Crippen LogP contribution in [0.1, 0.15) is 40.0 Å². The third-order valence-electron chi connectivity index (χ3n) is 4.62. The van der Waals surface area contributed by atoms with Crippen LogP contribution >= 0.6 is 22.9 Å². The Bertz CT molecular complexity index is 833. The lowest BCUT2D eigenvalue weighted by Crippen LogP contribution is -2.55. The number of nitrogens with one attached hydrogen (secondary N) is 2. The molecule has 3 heterocycles. The molecule has 0 radical (unpaired) electrons. The summed E-state index contributed by atoms with van der Waals surface area (Å²) in [6, 6.07) is 1.48. The second-order valence-corrected chi connectivity index (χ2v) is 7.72. The van der Waals surface area contributed by atoms with Crippen LogP contribution < -0.4 is 10.2 Å². The number of rotatable bonds is 6. The van der Waals surface area contributed by atoms with Gasteiger partial charge in [0, 0.05) is 31.3 Å². The van der Waals surface area contributed by atoms with Crippen molar-refractivity contribution in [2.24, 2.45) is 0 Å². The lowest BCUT2D eigenvalue weighted by molar-refractivity contribution is 0.0517. The number of nitrogens with zero attached hydrogens (tertiary/aromatic N) is 2. The standard InChI is InChI=1S/C18H23ClN4O4S/c1-4-27-17(25)14-9-28-18(22-14)23-6-5-12(15(8-23)26-3)21-16(24)13-7-11(19)10(2)20-13/h7,9,12,15,20H,4-6,8H2,1-3H3,(H,21,24). The van der Waals surface area contributed by atoms with Crippen LogP contribution in [0.15, 0.2) is 11.4 Å². The van der Waals surface area contributed by atoms with E-state index in [4.69, 9.17) is 21.1 Å². The number of aryl methyl sites for hydroxylation is 1. The molecule has 10 heteroatoms. The maximum atomic E-state index is 12.5.